The Labute approximate surface area is 285 Å². The Kier molecular flexibility index (Phi) is 49.6. The maximum Gasteiger partial charge on any atom is 1.00 e. The van der Waals surface area contributed by atoms with Crippen LogP contribution in [-0.4, -0.2) is 63.9 Å². The Morgan fingerprint density at radius 3 is 1.58 bits per heavy atom. The Balaban J connectivity index is -0.0000000810. The van der Waals surface area contributed by atoms with Gasteiger partial charge < -0.3 is 39.2 Å². The fraction of sp³-hybridized carbons (Fsp3) is 0.586. The van der Waals surface area contributed by atoms with Gasteiger partial charge in [0.2, 0.25) is 5.76 Å². The van der Waals surface area contributed by atoms with Gasteiger partial charge in [0.1, 0.15) is 12.0 Å². The number of oxime groups is 1. The van der Waals surface area contributed by atoms with Crippen molar-refractivity contribution < 1.29 is 67.7 Å². The van der Waals surface area contributed by atoms with Gasteiger partial charge in [0.15, 0.2) is 0 Å². The Bertz CT molecular complexity index is 1020. The number of carbonyl (C=O) groups excluding carboxylic acids is 3. The maximum absolute atomic E-state index is 11.1. The van der Waals surface area contributed by atoms with Crippen molar-refractivity contribution in [2.24, 2.45) is 22.9 Å². The number of aromatic nitrogens is 2. The molecule has 0 radical (unpaired) electrons. The zero-order valence-corrected chi connectivity index (χ0v) is 29.5. The molecule has 2 aromatic rings. The van der Waals surface area contributed by atoms with E-state index in [2.05, 4.69) is 46.4 Å². The summed E-state index contributed by atoms with van der Waals surface area (Å²) in [7, 11) is 0. The van der Waals surface area contributed by atoms with Crippen LogP contribution < -0.4 is 24.8 Å². The second kappa shape index (κ2) is 38.9. The monoisotopic (exact) mass is 658 g/mol. The van der Waals surface area contributed by atoms with Gasteiger partial charge in [0.25, 0.3) is 0 Å². The van der Waals surface area contributed by atoms with Gasteiger partial charge in [-0.15, -0.1) is 24.0 Å². The van der Waals surface area contributed by atoms with Gasteiger partial charge in [-0.1, -0.05) is 65.7 Å². The summed E-state index contributed by atoms with van der Waals surface area (Å²) in [5.74, 6) is 6.60. The summed E-state index contributed by atoms with van der Waals surface area (Å²) in [6, 6.07) is 3.58. The first-order chi connectivity index (χ1) is 19.7. The quantitative estimate of drug-likeness (QED) is 0.0568. The molecule has 256 valence electrons. The average molecular weight is 659 g/mol. The first-order valence-electron chi connectivity index (χ1n) is 13.3. The molecule has 0 aromatic carbocycles. The number of aldehydes is 1. The summed E-state index contributed by atoms with van der Waals surface area (Å²) in [5, 5.41) is 24.7. The van der Waals surface area contributed by atoms with Crippen LogP contribution in [0.3, 0.4) is 0 Å². The van der Waals surface area contributed by atoms with Crippen LogP contribution in [-0.2, 0) is 19.1 Å². The van der Waals surface area contributed by atoms with Gasteiger partial charge in [-0.05, 0) is 38.5 Å². The molecule has 0 atom stereocenters. The van der Waals surface area contributed by atoms with Gasteiger partial charge in [-0.2, -0.15) is 0 Å². The van der Waals surface area contributed by atoms with E-state index in [1.54, 1.807) is 25.8 Å². The van der Waals surface area contributed by atoms with E-state index >= 15 is 0 Å². The summed E-state index contributed by atoms with van der Waals surface area (Å²) in [6.45, 7) is 21.8. The van der Waals surface area contributed by atoms with Crippen molar-refractivity contribution in [2.75, 3.05) is 13.2 Å². The molecular formula is C29H52ClLiN4O10. The third-order valence-electron chi connectivity index (χ3n) is 3.86. The fourth-order valence-corrected chi connectivity index (χ4v) is 1.82. The van der Waals surface area contributed by atoms with Crippen LogP contribution in [0.2, 0.25) is 0 Å². The number of terminal acetylenes is 1. The van der Waals surface area contributed by atoms with Crippen LogP contribution in [0.1, 0.15) is 109 Å². The molecule has 0 amide bonds. The fourth-order valence-electron chi connectivity index (χ4n) is 1.82. The normalized spacial score (nSPS) is 8.80. The van der Waals surface area contributed by atoms with E-state index < -0.39 is 11.9 Å². The van der Waals surface area contributed by atoms with Crippen LogP contribution in [0.15, 0.2) is 26.3 Å². The molecular weight excluding hydrogens is 607 g/mol. The molecule has 0 spiro atoms. The number of nitrogens with zero attached hydrogens (tertiary/aromatic N) is 3. The predicted octanol–water partition coefficient (Wildman–Crippen LogP) is 2.79. The van der Waals surface area contributed by atoms with Crippen LogP contribution in [0, 0.1) is 31.1 Å². The maximum atomic E-state index is 11.1. The van der Waals surface area contributed by atoms with Crippen LogP contribution in [0.5, 0.6) is 0 Å². The molecule has 2 aromatic heterocycles. The Morgan fingerprint density at radius 1 is 0.956 bits per heavy atom. The van der Waals surface area contributed by atoms with Gasteiger partial charge in [-0.3, -0.25) is 0 Å². The average Bonchev–Trinajstić information content (AvgIpc) is 3.61. The third kappa shape index (κ3) is 38.8. The molecule has 0 saturated heterocycles. The molecule has 0 fully saturated rings. The predicted molar refractivity (Wildman–Crippen MR) is 169 cm³/mol. The molecule has 45 heavy (non-hydrogen) atoms. The number of carbonyl (C=O) groups is 3. The minimum absolute atomic E-state index is 0. The van der Waals surface area contributed by atoms with E-state index in [0.29, 0.717) is 25.0 Å². The molecule has 2 heterocycles. The molecule has 0 unspecified atom stereocenters. The van der Waals surface area contributed by atoms with Crippen LogP contribution in [0.25, 0.3) is 0 Å². The van der Waals surface area contributed by atoms with E-state index in [9.17, 15) is 14.4 Å². The smallest absolute Gasteiger partial charge is 0.870 e. The van der Waals surface area contributed by atoms with E-state index in [4.69, 9.17) is 24.2 Å². The second-order valence-electron chi connectivity index (χ2n) is 9.26. The zero-order valence-electron chi connectivity index (χ0n) is 28.6. The summed E-state index contributed by atoms with van der Waals surface area (Å²) in [4.78, 5) is 30.6. The molecule has 0 saturated carbocycles. The molecule has 2 rings (SSSR count). The minimum atomic E-state index is -0.595. The molecule has 0 aliphatic rings. The number of rotatable bonds is 7. The first kappa shape index (κ1) is 57.5. The van der Waals surface area contributed by atoms with Gasteiger partial charge >= 0.3 is 30.8 Å². The van der Waals surface area contributed by atoms with Crippen molar-refractivity contribution in [3.05, 3.63) is 35.0 Å². The van der Waals surface area contributed by atoms with Crippen molar-refractivity contribution >= 4 is 36.8 Å². The Hall–Kier alpha value is -3.17. The van der Waals surface area contributed by atoms with E-state index in [1.165, 1.54) is 6.21 Å². The number of aryl methyl sites for hydroxylation is 1. The third-order valence-corrected chi connectivity index (χ3v) is 3.86. The summed E-state index contributed by atoms with van der Waals surface area (Å²) in [5.41, 5.74) is 1.80. The zero-order chi connectivity index (χ0) is 33.7. The molecule has 0 bridgehead atoms. The van der Waals surface area contributed by atoms with Crippen LogP contribution in [0.4, 0.5) is 0 Å². The number of hydrogen-bond acceptors (Lipinski definition) is 14. The molecule has 0 aliphatic carbocycles. The van der Waals surface area contributed by atoms with E-state index in [0.717, 1.165) is 23.4 Å². The van der Waals surface area contributed by atoms with Crippen molar-refractivity contribution in [1.29, 1.82) is 0 Å². The summed E-state index contributed by atoms with van der Waals surface area (Å²) >= 11 is 0. The molecule has 14 nitrogen and oxygen atoms in total. The first-order valence-corrected chi connectivity index (χ1v) is 13.3. The largest absolute Gasteiger partial charge is 1.00 e. The van der Waals surface area contributed by atoms with Crippen molar-refractivity contribution in [1.82, 2.24) is 10.3 Å². The standard InChI is InChI=1S/C9H13NO3.C7H11NO.C5H6O2.C4H9NO.C4H8O.ClH.Li.H3NO.H2O/c1-4-12-9(11)8-5-7(6(2)3)10-13-8;1-5(2)7-4-6(3)9-8-7;1-3-5(6)7-4-2;1-4(2)3-5-6;1-4(2)3-5;;;1-2;/h5-6H,4H2,1-3H3;4-5H,1-3H3;1H,4H2,2H3;3-4,6H,1-2H3;3-4H,1-2H3;1H;;2H,1H2;1H2/q;;;;;;+1;;/p-1. The molecule has 5 N–H and O–H groups in total. The van der Waals surface area contributed by atoms with Crippen molar-refractivity contribution in [3.8, 4) is 12.3 Å². The number of halogens is 1. The summed E-state index contributed by atoms with van der Waals surface area (Å²) in [6.07, 6.45) is 7.02. The molecule has 16 heteroatoms. The number of ether oxygens (including phenoxy) is 2. The number of hydrogen-bond donors (Lipinski definition) is 3. The SMILES string of the molecule is C#CC(=O)OCC.CC(C)C=NO.CC(C)C=O.CCOC(=O)c1cc(C(C)C)no1.Cc1cc(C(C)C)no1.Cl.NO.[Li+].[OH-]. The van der Waals surface area contributed by atoms with Crippen molar-refractivity contribution in [2.45, 2.75) is 88.0 Å². The number of nitrogens with two attached hydrogens (primary N) is 1. The van der Waals surface area contributed by atoms with Gasteiger partial charge in [0.05, 0.1) is 24.6 Å². The molecule has 0 aliphatic heterocycles. The summed E-state index contributed by atoms with van der Waals surface area (Å²) < 4.78 is 18.8. The number of esters is 2. The van der Waals surface area contributed by atoms with Gasteiger partial charge in [-0.25, -0.2) is 15.5 Å². The van der Waals surface area contributed by atoms with Crippen molar-refractivity contribution in [3.63, 3.8) is 0 Å². The van der Waals surface area contributed by atoms with E-state index in [-0.39, 0.29) is 54.3 Å². The van der Waals surface area contributed by atoms with Gasteiger partial charge in [0, 0.05) is 30.2 Å². The second-order valence-corrected chi connectivity index (χ2v) is 9.26. The van der Waals surface area contributed by atoms with Crippen LogP contribution >= 0.6 is 12.4 Å². The topological polar surface area (TPSA) is 231 Å². The van der Waals surface area contributed by atoms with E-state index in [1.807, 2.05) is 54.5 Å². The Morgan fingerprint density at radius 2 is 1.38 bits per heavy atom. The minimum Gasteiger partial charge on any atom is -0.870 e.